The number of carbonyl (C=O) groups is 1. The minimum atomic E-state index is -0.267. The van der Waals surface area contributed by atoms with Crippen LogP contribution in [0, 0.1) is 0 Å². The van der Waals surface area contributed by atoms with Gasteiger partial charge in [-0.05, 0) is 67.6 Å². The number of para-hydroxylation sites is 2. The Morgan fingerprint density at radius 1 is 0.842 bits per heavy atom. The fourth-order valence-corrected chi connectivity index (χ4v) is 5.90. The van der Waals surface area contributed by atoms with Gasteiger partial charge in [-0.1, -0.05) is 61.7 Å². The number of amides is 1. The molecule has 196 valence electrons. The van der Waals surface area contributed by atoms with Crippen LogP contribution in [0.3, 0.4) is 0 Å². The number of fused-ring (bicyclic) bond motifs is 1. The van der Waals surface area contributed by atoms with Crippen molar-refractivity contribution in [3.8, 4) is 17.1 Å². The summed E-state index contributed by atoms with van der Waals surface area (Å²) in [6.07, 6.45) is 7.92. The molecule has 4 aromatic rings. The molecule has 2 heterocycles. The molecule has 6 nitrogen and oxygen atoms in total. The fourth-order valence-electron chi connectivity index (χ4n) is 5.90. The Morgan fingerprint density at radius 3 is 2.42 bits per heavy atom. The van der Waals surface area contributed by atoms with Gasteiger partial charge in [-0.15, -0.1) is 0 Å². The molecule has 6 heteroatoms. The summed E-state index contributed by atoms with van der Waals surface area (Å²) in [7, 11) is 0. The number of imidazole rings is 1. The van der Waals surface area contributed by atoms with Crippen molar-refractivity contribution in [1.29, 1.82) is 0 Å². The molecule has 0 radical (unpaired) electrons. The first kappa shape index (κ1) is 24.5. The van der Waals surface area contributed by atoms with Gasteiger partial charge >= 0.3 is 6.09 Å². The van der Waals surface area contributed by atoms with Crippen LogP contribution >= 0.6 is 0 Å². The summed E-state index contributed by atoms with van der Waals surface area (Å²) >= 11 is 0. The van der Waals surface area contributed by atoms with Gasteiger partial charge in [0.05, 0.1) is 17.1 Å². The third-order valence-electron chi connectivity index (χ3n) is 7.91. The Morgan fingerprint density at radius 2 is 1.61 bits per heavy atom. The van der Waals surface area contributed by atoms with Gasteiger partial charge in [-0.2, -0.15) is 0 Å². The SMILES string of the molecule is O=C(OCc1ccccc1)N1CCC[C@H]1COc1ccc(-c2nc3ccccc3n2C2CCCCC2)cc1. The van der Waals surface area contributed by atoms with E-state index < -0.39 is 0 Å². The van der Waals surface area contributed by atoms with Crippen LogP contribution in [0.5, 0.6) is 5.75 Å². The molecule has 0 unspecified atom stereocenters. The zero-order chi connectivity index (χ0) is 25.7. The number of carbonyl (C=O) groups excluding carboxylic acids is 1. The molecule has 0 spiro atoms. The predicted molar refractivity (Wildman–Crippen MR) is 149 cm³/mol. The van der Waals surface area contributed by atoms with Crippen LogP contribution in [0.25, 0.3) is 22.4 Å². The first-order valence-electron chi connectivity index (χ1n) is 13.9. The van der Waals surface area contributed by atoms with Gasteiger partial charge in [0.25, 0.3) is 0 Å². The summed E-state index contributed by atoms with van der Waals surface area (Å²) in [5, 5.41) is 0. The molecule has 1 amide bonds. The van der Waals surface area contributed by atoms with E-state index in [1.165, 1.54) is 37.6 Å². The molecular weight excluding hydrogens is 474 g/mol. The van der Waals surface area contributed by atoms with Crippen molar-refractivity contribution >= 4 is 17.1 Å². The van der Waals surface area contributed by atoms with Crippen LogP contribution in [0.4, 0.5) is 4.79 Å². The van der Waals surface area contributed by atoms with Crippen molar-refractivity contribution in [1.82, 2.24) is 14.5 Å². The highest BCUT2D eigenvalue weighted by Gasteiger charge is 2.30. The molecule has 1 saturated heterocycles. The van der Waals surface area contributed by atoms with E-state index in [2.05, 4.69) is 41.0 Å². The average molecular weight is 510 g/mol. The minimum absolute atomic E-state index is 0.0217. The maximum atomic E-state index is 12.7. The highest BCUT2D eigenvalue weighted by Crippen LogP contribution is 2.36. The molecule has 6 rings (SSSR count). The second kappa shape index (κ2) is 11.3. The normalized spacial score (nSPS) is 18.1. The van der Waals surface area contributed by atoms with Gasteiger partial charge in [0, 0.05) is 18.2 Å². The van der Waals surface area contributed by atoms with Crippen LogP contribution in [-0.4, -0.2) is 39.7 Å². The summed E-state index contributed by atoms with van der Waals surface area (Å²) in [5.74, 6) is 1.84. The molecule has 1 aliphatic carbocycles. The second-order valence-corrected chi connectivity index (χ2v) is 10.5. The van der Waals surface area contributed by atoms with E-state index in [0.29, 0.717) is 19.2 Å². The van der Waals surface area contributed by atoms with Crippen LogP contribution in [0.15, 0.2) is 78.9 Å². The minimum Gasteiger partial charge on any atom is -0.491 e. The van der Waals surface area contributed by atoms with Crippen LogP contribution in [0.1, 0.15) is 56.6 Å². The zero-order valence-electron chi connectivity index (χ0n) is 21.8. The first-order chi connectivity index (χ1) is 18.8. The number of nitrogens with zero attached hydrogens (tertiary/aromatic N) is 3. The van der Waals surface area contributed by atoms with Crippen LogP contribution in [-0.2, 0) is 11.3 Å². The maximum absolute atomic E-state index is 12.7. The summed E-state index contributed by atoms with van der Waals surface area (Å²) in [4.78, 5) is 19.6. The van der Waals surface area contributed by atoms with Gasteiger partial charge in [0.2, 0.25) is 0 Å². The molecular formula is C32H35N3O3. The van der Waals surface area contributed by atoms with E-state index in [1.807, 2.05) is 47.4 Å². The summed E-state index contributed by atoms with van der Waals surface area (Å²) in [5.41, 5.74) is 4.36. The Bertz CT molecular complexity index is 1360. The smallest absolute Gasteiger partial charge is 0.410 e. The van der Waals surface area contributed by atoms with Crippen molar-refractivity contribution in [3.05, 3.63) is 84.4 Å². The Balaban J connectivity index is 1.12. The van der Waals surface area contributed by atoms with E-state index in [1.54, 1.807) is 0 Å². The summed E-state index contributed by atoms with van der Waals surface area (Å²) in [6, 6.07) is 27.0. The van der Waals surface area contributed by atoms with Gasteiger partial charge in [0.1, 0.15) is 24.8 Å². The lowest BCUT2D eigenvalue weighted by Gasteiger charge is -2.26. The number of hydrogen-bond acceptors (Lipinski definition) is 4. The van der Waals surface area contributed by atoms with E-state index in [-0.39, 0.29) is 18.7 Å². The molecule has 0 bridgehead atoms. The van der Waals surface area contributed by atoms with Gasteiger partial charge in [0.15, 0.2) is 0 Å². The third kappa shape index (κ3) is 5.26. The van der Waals surface area contributed by atoms with Gasteiger partial charge in [-0.25, -0.2) is 9.78 Å². The molecule has 1 atom stereocenters. The van der Waals surface area contributed by atoms with Crippen molar-refractivity contribution in [3.63, 3.8) is 0 Å². The van der Waals surface area contributed by atoms with Crippen molar-refractivity contribution in [2.75, 3.05) is 13.2 Å². The highest BCUT2D eigenvalue weighted by atomic mass is 16.6. The van der Waals surface area contributed by atoms with E-state index in [4.69, 9.17) is 14.5 Å². The quantitative estimate of drug-likeness (QED) is 0.261. The molecule has 3 aromatic carbocycles. The standard InChI is InChI=1S/C32H35N3O3/c36-32(38-22-24-10-3-1-4-11-24)34-21-9-14-27(34)23-37-28-19-17-25(18-20-28)31-33-29-15-7-8-16-30(29)35(31)26-12-5-2-6-13-26/h1,3-4,7-8,10-11,15-20,26-27H,2,5-6,9,12-14,21-23H2/t27-/m0/s1. The average Bonchev–Trinajstić information content (AvgIpc) is 3.61. The molecule has 1 aliphatic heterocycles. The molecule has 2 fully saturated rings. The lowest BCUT2D eigenvalue weighted by molar-refractivity contribution is 0.0824. The second-order valence-electron chi connectivity index (χ2n) is 10.5. The van der Waals surface area contributed by atoms with Crippen molar-refractivity contribution < 1.29 is 14.3 Å². The predicted octanol–water partition coefficient (Wildman–Crippen LogP) is 7.39. The largest absolute Gasteiger partial charge is 0.491 e. The van der Waals surface area contributed by atoms with E-state index in [9.17, 15) is 4.79 Å². The number of likely N-dealkylation sites (tertiary alicyclic amines) is 1. The van der Waals surface area contributed by atoms with Crippen LogP contribution < -0.4 is 4.74 Å². The number of aromatic nitrogens is 2. The number of hydrogen-bond donors (Lipinski definition) is 0. The first-order valence-corrected chi connectivity index (χ1v) is 13.9. The maximum Gasteiger partial charge on any atom is 0.410 e. The van der Waals surface area contributed by atoms with Crippen molar-refractivity contribution in [2.24, 2.45) is 0 Å². The topological polar surface area (TPSA) is 56.6 Å². The number of benzene rings is 3. The van der Waals surface area contributed by atoms with Crippen LogP contribution in [0.2, 0.25) is 0 Å². The van der Waals surface area contributed by atoms with E-state index >= 15 is 0 Å². The van der Waals surface area contributed by atoms with Gasteiger partial charge < -0.3 is 18.9 Å². The third-order valence-corrected chi connectivity index (χ3v) is 7.91. The lowest BCUT2D eigenvalue weighted by atomic mass is 9.95. The highest BCUT2D eigenvalue weighted by molar-refractivity contribution is 5.81. The molecule has 1 saturated carbocycles. The monoisotopic (exact) mass is 509 g/mol. The fraction of sp³-hybridized carbons (Fsp3) is 0.375. The number of rotatable bonds is 7. The molecule has 2 aliphatic rings. The summed E-state index contributed by atoms with van der Waals surface area (Å²) < 4.78 is 14.2. The van der Waals surface area contributed by atoms with Crippen molar-refractivity contribution in [2.45, 2.75) is 63.6 Å². The molecule has 0 N–H and O–H groups in total. The summed E-state index contributed by atoms with van der Waals surface area (Å²) in [6.45, 7) is 1.45. The van der Waals surface area contributed by atoms with E-state index in [0.717, 1.165) is 41.1 Å². The molecule has 1 aromatic heterocycles. The lowest BCUT2D eigenvalue weighted by Crippen LogP contribution is -2.39. The Labute approximate surface area is 224 Å². The molecule has 38 heavy (non-hydrogen) atoms. The van der Waals surface area contributed by atoms with Gasteiger partial charge in [-0.3, -0.25) is 0 Å². The zero-order valence-corrected chi connectivity index (χ0v) is 21.8. The number of ether oxygens (including phenoxy) is 2. The Kier molecular flexibility index (Phi) is 7.29. The Hall–Kier alpha value is -3.80.